The summed E-state index contributed by atoms with van der Waals surface area (Å²) in [5, 5.41) is 2.86. The topological polar surface area (TPSA) is 96.0 Å². The lowest BCUT2D eigenvalue weighted by Crippen LogP contribution is -2.70. The summed E-state index contributed by atoms with van der Waals surface area (Å²) in [6, 6.07) is 16.1. The molecule has 2 aromatic carbocycles. The number of benzene rings is 2. The number of nitrogens with zero attached hydrogens (tertiary/aromatic N) is 2. The first-order valence-corrected chi connectivity index (χ1v) is 11.6. The van der Waals surface area contributed by atoms with Crippen molar-refractivity contribution < 1.29 is 22.7 Å². The summed E-state index contributed by atoms with van der Waals surface area (Å²) in [5.41, 5.74) is -0.0339. The summed E-state index contributed by atoms with van der Waals surface area (Å²) in [6.07, 6.45) is 0. The summed E-state index contributed by atoms with van der Waals surface area (Å²) in [7, 11) is -2.12. The smallest absolute Gasteiger partial charge is 0.247 e. The average Bonchev–Trinajstić information content (AvgIpc) is 2.78. The molecule has 1 saturated heterocycles. The van der Waals surface area contributed by atoms with Crippen molar-refractivity contribution in [3.63, 3.8) is 0 Å². The highest BCUT2D eigenvalue weighted by Crippen LogP contribution is 2.32. The van der Waals surface area contributed by atoms with E-state index < -0.39 is 27.4 Å². The summed E-state index contributed by atoms with van der Waals surface area (Å²) in [6.45, 7) is 2.92. The molecule has 0 unspecified atom stereocenters. The second-order valence-electron chi connectivity index (χ2n) is 7.54. The monoisotopic (exact) mass is 445 g/mol. The molecule has 1 aliphatic heterocycles. The molecule has 8 nitrogen and oxygen atoms in total. The van der Waals surface area contributed by atoms with E-state index in [2.05, 4.69) is 5.32 Å². The van der Waals surface area contributed by atoms with Crippen LogP contribution in [0.2, 0.25) is 0 Å². The van der Waals surface area contributed by atoms with Gasteiger partial charge in [0, 0.05) is 18.8 Å². The zero-order chi connectivity index (χ0) is 22.6. The molecule has 1 fully saturated rings. The van der Waals surface area contributed by atoms with E-state index in [9.17, 15) is 18.0 Å². The number of hydrogen-bond acceptors (Lipinski definition) is 5. The number of carbonyl (C=O) groups excluding carboxylic acids is 2. The van der Waals surface area contributed by atoms with Gasteiger partial charge in [0.1, 0.15) is 11.3 Å². The summed E-state index contributed by atoms with van der Waals surface area (Å²) >= 11 is 0. The Bertz CT molecular complexity index is 1040. The van der Waals surface area contributed by atoms with E-state index in [0.29, 0.717) is 11.4 Å². The summed E-state index contributed by atoms with van der Waals surface area (Å²) < 4.78 is 31.3. The first-order chi connectivity index (χ1) is 14.7. The molecule has 0 aromatic heterocycles. The number of hydrogen-bond donors (Lipinski definition) is 1. The maximum absolute atomic E-state index is 13.4. The molecule has 1 heterocycles. The molecular formula is C22H27N3O5S. The van der Waals surface area contributed by atoms with Gasteiger partial charge in [-0.15, -0.1) is 0 Å². The number of anilines is 1. The Morgan fingerprint density at radius 3 is 2.35 bits per heavy atom. The molecule has 166 valence electrons. The van der Waals surface area contributed by atoms with Gasteiger partial charge in [-0.2, -0.15) is 4.31 Å². The lowest BCUT2D eigenvalue weighted by Gasteiger charge is -2.46. The minimum Gasteiger partial charge on any atom is -0.497 e. The first-order valence-electron chi connectivity index (χ1n) is 9.98. The summed E-state index contributed by atoms with van der Waals surface area (Å²) in [4.78, 5) is 27.9. The lowest BCUT2D eigenvalue weighted by atomic mass is 9.94. The maximum atomic E-state index is 13.4. The van der Waals surface area contributed by atoms with Gasteiger partial charge >= 0.3 is 0 Å². The van der Waals surface area contributed by atoms with Crippen molar-refractivity contribution in [3.8, 4) is 5.75 Å². The van der Waals surface area contributed by atoms with Gasteiger partial charge in [-0.3, -0.25) is 14.5 Å². The number of rotatable bonds is 7. The van der Waals surface area contributed by atoms with Gasteiger partial charge < -0.3 is 10.1 Å². The summed E-state index contributed by atoms with van der Waals surface area (Å²) in [5.74, 6) is -0.439. The predicted molar refractivity (Wildman–Crippen MR) is 118 cm³/mol. The van der Waals surface area contributed by atoms with E-state index in [1.807, 2.05) is 30.3 Å². The van der Waals surface area contributed by atoms with Gasteiger partial charge in [0.2, 0.25) is 21.8 Å². The quantitative estimate of drug-likeness (QED) is 0.701. The normalized spacial score (nSPS) is 19.8. The van der Waals surface area contributed by atoms with Gasteiger partial charge in [-0.25, -0.2) is 8.42 Å². The Morgan fingerprint density at radius 2 is 1.77 bits per heavy atom. The van der Waals surface area contributed by atoms with Crippen molar-refractivity contribution in [2.75, 3.05) is 30.9 Å². The van der Waals surface area contributed by atoms with Crippen molar-refractivity contribution in [2.24, 2.45) is 0 Å². The molecule has 2 amide bonds. The second-order valence-corrected chi connectivity index (χ2v) is 9.80. The zero-order valence-corrected chi connectivity index (χ0v) is 18.7. The molecule has 0 spiro atoms. The Kier molecular flexibility index (Phi) is 6.66. The number of methoxy groups -OCH3 is 1. The van der Waals surface area contributed by atoms with E-state index in [4.69, 9.17) is 4.74 Å². The van der Waals surface area contributed by atoms with E-state index in [0.717, 1.165) is 9.87 Å². The first kappa shape index (κ1) is 22.8. The van der Waals surface area contributed by atoms with Crippen LogP contribution >= 0.6 is 0 Å². The number of piperazine rings is 1. The van der Waals surface area contributed by atoms with E-state index in [1.165, 1.54) is 18.9 Å². The molecule has 9 heteroatoms. The molecule has 0 radical (unpaired) electrons. The average molecular weight is 446 g/mol. The fourth-order valence-electron chi connectivity index (χ4n) is 3.65. The van der Waals surface area contributed by atoms with Crippen molar-refractivity contribution in [2.45, 2.75) is 25.9 Å². The van der Waals surface area contributed by atoms with E-state index in [1.54, 1.807) is 31.2 Å². The molecule has 0 bridgehead atoms. The minimum absolute atomic E-state index is 0.137. The fraction of sp³-hybridized carbons (Fsp3) is 0.364. The Morgan fingerprint density at radius 1 is 1.13 bits per heavy atom. The van der Waals surface area contributed by atoms with Crippen molar-refractivity contribution >= 4 is 27.5 Å². The molecule has 0 aliphatic carbocycles. The molecule has 3 rings (SSSR count). The third-order valence-corrected chi connectivity index (χ3v) is 7.19. The van der Waals surface area contributed by atoms with Crippen LogP contribution in [0.4, 0.5) is 5.69 Å². The van der Waals surface area contributed by atoms with Crippen LogP contribution < -0.4 is 15.0 Å². The Balaban J connectivity index is 1.96. The minimum atomic E-state index is -3.66. The SMILES string of the molecule is CCS(=O)(=O)N1CC(=O)N(c2ccc(OC)cc2)[C@](C)(C(=O)NCc2ccccc2)C1. The highest BCUT2D eigenvalue weighted by Gasteiger charge is 2.50. The van der Waals surface area contributed by atoms with Crippen LogP contribution in [0.15, 0.2) is 54.6 Å². The molecule has 31 heavy (non-hydrogen) atoms. The van der Waals surface area contributed by atoms with Crippen molar-refractivity contribution in [3.05, 3.63) is 60.2 Å². The van der Waals surface area contributed by atoms with Crippen LogP contribution in [-0.4, -0.2) is 56.0 Å². The number of amides is 2. The van der Waals surface area contributed by atoms with Crippen LogP contribution in [0, 0.1) is 0 Å². The predicted octanol–water partition coefficient (Wildman–Crippen LogP) is 1.77. The molecule has 0 saturated carbocycles. The molecule has 1 N–H and O–H groups in total. The molecular weight excluding hydrogens is 418 g/mol. The molecule has 2 aromatic rings. The van der Waals surface area contributed by atoms with Crippen LogP contribution in [-0.2, 0) is 26.2 Å². The number of sulfonamides is 1. The number of carbonyl (C=O) groups is 2. The highest BCUT2D eigenvalue weighted by molar-refractivity contribution is 7.89. The zero-order valence-electron chi connectivity index (χ0n) is 17.9. The number of nitrogens with one attached hydrogen (secondary N) is 1. The largest absolute Gasteiger partial charge is 0.497 e. The van der Waals surface area contributed by atoms with E-state index in [-0.39, 0.29) is 25.4 Å². The van der Waals surface area contributed by atoms with Crippen LogP contribution in [0.25, 0.3) is 0 Å². The number of ether oxygens (including phenoxy) is 1. The van der Waals surface area contributed by atoms with Gasteiger partial charge in [-0.1, -0.05) is 30.3 Å². The van der Waals surface area contributed by atoms with Gasteiger partial charge in [-0.05, 0) is 43.7 Å². The van der Waals surface area contributed by atoms with Crippen molar-refractivity contribution in [1.82, 2.24) is 9.62 Å². The second kappa shape index (κ2) is 9.07. The van der Waals surface area contributed by atoms with Gasteiger partial charge in [0.05, 0.1) is 19.4 Å². The standard InChI is InChI=1S/C22H27N3O5S/c1-4-31(28,29)24-15-20(26)25(18-10-12-19(30-3)13-11-18)22(2,16-24)21(27)23-14-17-8-6-5-7-9-17/h5-13H,4,14-16H2,1-3H3,(H,23,27)/t22-/m0/s1. The van der Waals surface area contributed by atoms with Crippen LogP contribution in [0.5, 0.6) is 5.75 Å². The van der Waals surface area contributed by atoms with Crippen LogP contribution in [0.3, 0.4) is 0 Å². The maximum Gasteiger partial charge on any atom is 0.247 e. The van der Waals surface area contributed by atoms with E-state index >= 15 is 0 Å². The third-order valence-electron chi connectivity index (χ3n) is 5.41. The van der Waals surface area contributed by atoms with Gasteiger partial charge in [0.15, 0.2) is 0 Å². The third kappa shape index (κ3) is 4.72. The lowest BCUT2D eigenvalue weighted by molar-refractivity contribution is -0.133. The molecule has 1 atom stereocenters. The fourth-order valence-corrected chi connectivity index (χ4v) is 4.77. The van der Waals surface area contributed by atoms with Crippen LogP contribution in [0.1, 0.15) is 19.4 Å². The van der Waals surface area contributed by atoms with Crippen molar-refractivity contribution in [1.29, 1.82) is 0 Å². The Labute approximate surface area is 182 Å². The van der Waals surface area contributed by atoms with Gasteiger partial charge in [0.25, 0.3) is 0 Å². The highest BCUT2D eigenvalue weighted by atomic mass is 32.2. The molecule has 1 aliphatic rings. The Hall–Kier alpha value is -2.91.